The molecule has 1 aliphatic rings. The molecular formula is C19H28N4O3S. The van der Waals surface area contributed by atoms with Gasteiger partial charge in [0.2, 0.25) is 0 Å². The predicted octanol–water partition coefficient (Wildman–Crippen LogP) is 3.12. The zero-order valence-corrected chi connectivity index (χ0v) is 16.8. The molecule has 0 bridgehead atoms. The molecule has 0 unspecified atom stereocenters. The fraction of sp³-hybridized carbons (Fsp3) is 0.526. The molecule has 8 heteroatoms. The van der Waals surface area contributed by atoms with Gasteiger partial charge in [-0.15, -0.1) is 0 Å². The smallest absolute Gasteiger partial charge is 0.259 e. The van der Waals surface area contributed by atoms with E-state index in [0.717, 1.165) is 42.4 Å². The van der Waals surface area contributed by atoms with Crippen LogP contribution in [0.25, 0.3) is 0 Å². The third-order valence-electron chi connectivity index (χ3n) is 3.85. The molecule has 27 heavy (non-hydrogen) atoms. The number of thioether (sulfide) groups is 1. The lowest BCUT2D eigenvalue weighted by atomic mass is 10.1. The number of aliphatic imine (C=N–C) groups is 1. The second-order valence-electron chi connectivity index (χ2n) is 6.61. The number of nitrogens with one attached hydrogen (secondary N) is 1. The Kier molecular flexibility index (Phi) is 9.13. The quantitative estimate of drug-likeness (QED) is 0.156. The van der Waals surface area contributed by atoms with Crippen LogP contribution in [0, 0.1) is 10.1 Å². The van der Waals surface area contributed by atoms with Crippen molar-refractivity contribution in [2.45, 2.75) is 25.1 Å². The van der Waals surface area contributed by atoms with Crippen LogP contribution in [0.15, 0.2) is 45.3 Å². The minimum absolute atomic E-state index is 0.264. The summed E-state index contributed by atoms with van der Waals surface area (Å²) in [5.41, 5.74) is 1.21. The van der Waals surface area contributed by atoms with Crippen molar-refractivity contribution >= 4 is 17.6 Å². The van der Waals surface area contributed by atoms with Crippen molar-refractivity contribution in [3.63, 3.8) is 0 Å². The van der Waals surface area contributed by atoms with Crippen LogP contribution in [-0.2, 0) is 12.3 Å². The standard InChI is InChI=1S/C19H28N4O3S/c1-22(2)13-17-8-9-18(26-17)15-27-11-10-20-19(14-23(24)25)21-12-16-6-4-3-5-7-16/h3-4,7-9H,5-6,10-15H2,1-2H3,(H,20,21). The van der Waals surface area contributed by atoms with Crippen LogP contribution < -0.4 is 5.32 Å². The van der Waals surface area contributed by atoms with E-state index >= 15 is 0 Å². The lowest BCUT2D eigenvalue weighted by Gasteiger charge is -2.09. The second kappa shape index (κ2) is 11.6. The number of allylic oxidation sites excluding steroid dienone is 3. The monoisotopic (exact) mass is 392 g/mol. The summed E-state index contributed by atoms with van der Waals surface area (Å²) in [5.74, 6) is 3.97. The molecule has 0 fully saturated rings. The SMILES string of the molecule is CN(C)Cc1ccc(CSCCNC(C[N+](=O)[O-])=NCC2=CCC=CC2)o1. The third-order valence-corrected chi connectivity index (χ3v) is 4.83. The van der Waals surface area contributed by atoms with Crippen LogP contribution >= 0.6 is 11.8 Å². The van der Waals surface area contributed by atoms with Crippen LogP contribution in [-0.4, -0.2) is 55.1 Å². The van der Waals surface area contributed by atoms with Gasteiger partial charge in [0, 0.05) is 17.2 Å². The van der Waals surface area contributed by atoms with Gasteiger partial charge >= 0.3 is 0 Å². The van der Waals surface area contributed by atoms with Gasteiger partial charge in [-0.3, -0.25) is 15.1 Å². The highest BCUT2D eigenvalue weighted by Crippen LogP contribution is 2.16. The Morgan fingerprint density at radius 3 is 2.89 bits per heavy atom. The lowest BCUT2D eigenvalue weighted by molar-refractivity contribution is -0.463. The molecule has 0 aromatic carbocycles. The van der Waals surface area contributed by atoms with Crippen LogP contribution in [0.5, 0.6) is 0 Å². The summed E-state index contributed by atoms with van der Waals surface area (Å²) < 4.78 is 5.77. The summed E-state index contributed by atoms with van der Waals surface area (Å²) in [7, 11) is 4.02. The average Bonchev–Trinajstić information content (AvgIpc) is 3.06. The Morgan fingerprint density at radius 1 is 1.37 bits per heavy atom. The number of hydrogen-bond donors (Lipinski definition) is 1. The Morgan fingerprint density at radius 2 is 2.19 bits per heavy atom. The molecule has 0 amide bonds. The normalized spacial score (nSPS) is 14.5. The minimum atomic E-state index is -0.344. The summed E-state index contributed by atoms with van der Waals surface area (Å²) in [6.07, 6.45) is 8.16. The van der Waals surface area contributed by atoms with Crippen molar-refractivity contribution in [3.8, 4) is 0 Å². The van der Waals surface area contributed by atoms with E-state index in [0.29, 0.717) is 18.9 Å². The number of amidine groups is 1. The maximum Gasteiger partial charge on any atom is 0.259 e. The fourth-order valence-electron chi connectivity index (χ4n) is 2.60. The number of nitro groups is 1. The van der Waals surface area contributed by atoms with Crippen LogP contribution in [0.1, 0.15) is 24.4 Å². The first kappa shape index (κ1) is 21.2. The largest absolute Gasteiger partial charge is 0.464 e. The van der Waals surface area contributed by atoms with Crippen molar-refractivity contribution in [1.82, 2.24) is 10.2 Å². The molecule has 1 heterocycles. The lowest BCUT2D eigenvalue weighted by Crippen LogP contribution is -2.32. The zero-order chi connectivity index (χ0) is 19.5. The predicted molar refractivity (Wildman–Crippen MR) is 111 cm³/mol. The van der Waals surface area contributed by atoms with Crippen LogP contribution in [0.3, 0.4) is 0 Å². The van der Waals surface area contributed by atoms with E-state index in [-0.39, 0.29) is 11.5 Å². The number of rotatable bonds is 11. The summed E-state index contributed by atoms with van der Waals surface area (Å²) in [6.45, 7) is 1.69. The molecule has 0 saturated carbocycles. The minimum Gasteiger partial charge on any atom is -0.464 e. The van der Waals surface area contributed by atoms with E-state index in [1.807, 2.05) is 26.2 Å². The maximum atomic E-state index is 10.9. The van der Waals surface area contributed by atoms with E-state index in [1.165, 1.54) is 5.57 Å². The summed E-state index contributed by atoms with van der Waals surface area (Å²) in [6, 6.07) is 4.01. The Balaban J connectivity index is 1.70. The molecule has 2 rings (SSSR count). The van der Waals surface area contributed by atoms with Crippen molar-refractivity contribution < 1.29 is 9.34 Å². The number of furan rings is 1. The molecule has 0 aliphatic heterocycles. The Bertz CT molecular complexity index is 695. The van der Waals surface area contributed by atoms with Gasteiger partial charge in [0.1, 0.15) is 11.5 Å². The third kappa shape index (κ3) is 8.92. The van der Waals surface area contributed by atoms with Crippen LogP contribution in [0.4, 0.5) is 0 Å². The highest BCUT2D eigenvalue weighted by Gasteiger charge is 2.08. The van der Waals surface area contributed by atoms with Gasteiger partial charge in [0.25, 0.3) is 6.54 Å². The van der Waals surface area contributed by atoms with Crippen molar-refractivity contribution in [3.05, 3.63) is 57.6 Å². The molecule has 0 saturated heterocycles. The van der Waals surface area contributed by atoms with E-state index < -0.39 is 0 Å². The Hall–Kier alpha value is -2.06. The van der Waals surface area contributed by atoms with E-state index in [4.69, 9.17) is 4.42 Å². The number of nitrogens with zero attached hydrogens (tertiary/aromatic N) is 3. The first-order valence-corrected chi connectivity index (χ1v) is 10.2. The maximum absolute atomic E-state index is 10.9. The summed E-state index contributed by atoms with van der Waals surface area (Å²) in [5, 5.41) is 14.0. The van der Waals surface area contributed by atoms with Gasteiger partial charge < -0.3 is 14.6 Å². The molecule has 7 nitrogen and oxygen atoms in total. The molecule has 148 valence electrons. The molecule has 1 aromatic rings. The van der Waals surface area contributed by atoms with Crippen molar-refractivity contribution in [1.29, 1.82) is 0 Å². The second-order valence-corrected chi connectivity index (χ2v) is 7.72. The molecule has 0 spiro atoms. The fourth-order valence-corrected chi connectivity index (χ4v) is 3.34. The molecular weight excluding hydrogens is 364 g/mol. The summed E-state index contributed by atoms with van der Waals surface area (Å²) in [4.78, 5) is 17.0. The van der Waals surface area contributed by atoms with Crippen LogP contribution in [0.2, 0.25) is 0 Å². The first-order chi connectivity index (χ1) is 13.0. The summed E-state index contributed by atoms with van der Waals surface area (Å²) >= 11 is 1.73. The molecule has 1 N–H and O–H groups in total. The average molecular weight is 393 g/mol. The highest BCUT2D eigenvalue weighted by atomic mass is 32.2. The van der Waals surface area contributed by atoms with E-state index in [2.05, 4.69) is 33.4 Å². The molecule has 0 atom stereocenters. The highest BCUT2D eigenvalue weighted by molar-refractivity contribution is 7.98. The molecule has 1 aliphatic carbocycles. The van der Waals surface area contributed by atoms with Gasteiger partial charge in [-0.2, -0.15) is 11.8 Å². The molecule has 0 radical (unpaired) electrons. The molecule has 1 aromatic heterocycles. The van der Waals surface area contributed by atoms with Crippen molar-refractivity contribution in [2.24, 2.45) is 4.99 Å². The van der Waals surface area contributed by atoms with Gasteiger partial charge in [0.15, 0.2) is 5.84 Å². The van der Waals surface area contributed by atoms with Crippen molar-refractivity contribution in [2.75, 3.05) is 39.5 Å². The van der Waals surface area contributed by atoms with E-state index in [9.17, 15) is 10.1 Å². The van der Waals surface area contributed by atoms with Gasteiger partial charge in [-0.05, 0) is 44.6 Å². The first-order valence-electron chi connectivity index (χ1n) is 9.05. The van der Waals surface area contributed by atoms with Gasteiger partial charge in [-0.1, -0.05) is 18.2 Å². The van der Waals surface area contributed by atoms with E-state index in [1.54, 1.807) is 11.8 Å². The topological polar surface area (TPSA) is 83.9 Å². The van der Waals surface area contributed by atoms with Gasteiger partial charge in [0.05, 0.1) is 18.8 Å². The Labute approximate surface area is 164 Å². The number of hydrogen-bond acceptors (Lipinski definition) is 6. The van der Waals surface area contributed by atoms with Gasteiger partial charge in [-0.25, -0.2) is 0 Å². The zero-order valence-electron chi connectivity index (χ0n) is 16.0.